The van der Waals surface area contributed by atoms with E-state index in [1.165, 1.54) is 0 Å². The first-order valence-corrected chi connectivity index (χ1v) is 10.8. The molecule has 1 saturated heterocycles. The Morgan fingerprint density at radius 1 is 1.09 bits per heavy atom. The molecule has 0 atom stereocenters. The predicted octanol–water partition coefficient (Wildman–Crippen LogP) is 4.93. The van der Waals surface area contributed by atoms with Gasteiger partial charge >= 0.3 is 0 Å². The van der Waals surface area contributed by atoms with Crippen molar-refractivity contribution < 1.29 is 19.0 Å². The van der Waals surface area contributed by atoms with Crippen LogP contribution in [0.15, 0.2) is 59.8 Å². The molecule has 0 saturated carbocycles. The molecular weight excluding hydrogens is 406 g/mol. The topological polar surface area (TPSA) is 67.1 Å². The SMILES string of the molecule is Cc1nn(C)c(Oc2ccccc2)c1/C=N/OCc1ccc(C2(C(C)C)OCCO2)cc1. The lowest BCUT2D eigenvalue weighted by atomic mass is 9.94. The van der Waals surface area contributed by atoms with E-state index in [0.29, 0.717) is 25.7 Å². The number of aryl methyl sites for hydroxylation is 2. The summed E-state index contributed by atoms with van der Waals surface area (Å²) in [6.45, 7) is 7.69. The van der Waals surface area contributed by atoms with E-state index in [1.54, 1.807) is 10.9 Å². The van der Waals surface area contributed by atoms with Crippen LogP contribution in [0.3, 0.4) is 0 Å². The number of rotatable bonds is 8. The molecule has 1 fully saturated rings. The fourth-order valence-corrected chi connectivity index (χ4v) is 3.82. The molecule has 32 heavy (non-hydrogen) atoms. The van der Waals surface area contributed by atoms with Gasteiger partial charge in [0, 0.05) is 18.5 Å². The van der Waals surface area contributed by atoms with E-state index >= 15 is 0 Å². The van der Waals surface area contributed by atoms with Crippen LogP contribution < -0.4 is 4.74 Å². The van der Waals surface area contributed by atoms with Gasteiger partial charge in [0.05, 0.1) is 30.7 Å². The highest BCUT2D eigenvalue weighted by Gasteiger charge is 2.41. The first-order chi connectivity index (χ1) is 15.5. The number of para-hydroxylation sites is 1. The number of oxime groups is 1. The molecule has 0 N–H and O–H groups in total. The second-order valence-corrected chi connectivity index (χ2v) is 8.07. The highest BCUT2D eigenvalue weighted by atomic mass is 16.7. The van der Waals surface area contributed by atoms with Crippen molar-refractivity contribution >= 4 is 6.21 Å². The van der Waals surface area contributed by atoms with Crippen LogP contribution in [0.4, 0.5) is 0 Å². The van der Waals surface area contributed by atoms with Crippen molar-refractivity contribution in [2.45, 2.75) is 33.2 Å². The number of nitrogens with zero attached hydrogens (tertiary/aromatic N) is 3. The van der Waals surface area contributed by atoms with Gasteiger partial charge in [-0.05, 0) is 24.6 Å². The van der Waals surface area contributed by atoms with Crippen LogP contribution in [0.2, 0.25) is 0 Å². The molecular formula is C25H29N3O4. The molecule has 1 aliphatic rings. The number of ether oxygens (including phenoxy) is 3. The summed E-state index contributed by atoms with van der Waals surface area (Å²) >= 11 is 0. The molecule has 0 spiro atoms. The Bertz CT molecular complexity index is 1050. The molecule has 2 aromatic carbocycles. The second kappa shape index (κ2) is 9.54. The van der Waals surface area contributed by atoms with Crippen LogP contribution in [0.25, 0.3) is 0 Å². The largest absolute Gasteiger partial charge is 0.439 e. The molecule has 168 valence electrons. The van der Waals surface area contributed by atoms with Crippen LogP contribution in [0.1, 0.15) is 36.2 Å². The average Bonchev–Trinajstić information content (AvgIpc) is 3.39. The van der Waals surface area contributed by atoms with E-state index < -0.39 is 5.79 Å². The summed E-state index contributed by atoms with van der Waals surface area (Å²) in [6, 6.07) is 17.7. The molecule has 1 aliphatic heterocycles. The summed E-state index contributed by atoms with van der Waals surface area (Å²) in [7, 11) is 1.84. The highest BCUT2D eigenvalue weighted by molar-refractivity contribution is 5.84. The van der Waals surface area contributed by atoms with Crippen LogP contribution in [0, 0.1) is 12.8 Å². The molecule has 0 bridgehead atoms. The lowest BCUT2D eigenvalue weighted by Crippen LogP contribution is -2.33. The van der Waals surface area contributed by atoms with Gasteiger partial charge in [-0.1, -0.05) is 61.5 Å². The molecule has 1 aromatic heterocycles. The number of hydrogen-bond donors (Lipinski definition) is 0. The third kappa shape index (κ3) is 4.54. The maximum atomic E-state index is 6.00. The molecule has 0 aliphatic carbocycles. The summed E-state index contributed by atoms with van der Waals surface area (Å²) in [6.07, 6.45) is 1.64. The van der Waals surface area contributed by atoms with Gasteiger partial charge in [0.1, 0.15) is 12.4 Å². The molecule has 4 rings (SSSR count). The van der Waals surface area contributed by atoms with Crippen LogP contribution in [-0.4, -0.2) is 29.2 Å². The zero-order valence-corrected chi connectivity index (χ0v) is 18.9. The first-order valence-electron chi connectivity index (χ1n) is 10.8. The highest BCUT2D eigenvalue weighted by Crippen LogP contribution is 2.38. The second-order valence-electron chi connectivity index (χ2n) is 8.07. The van der Waals surface area contributed by atoms with Crippen molar-refractivity contribution in [3.8, 4) is 11.6 Å². The third-order valence-electron chi connectivity index (χ3n) is 5.49. The molecule has 2 heterocycles. The van der Waals surface area contributed by atoms with Gasteiger partial charge in [-0.25, -0.2) is 4.68 Å². The molecule has 0 radical (unpaired) electrons. The van der Waals surface area contributed by atoms with Gasteiger partial charge in [-0.15, -0.1) is 0 Å². The summed E-state index contributed by atoms with van der Waals surface area (Å²) in [5.41, 5.74) is 3.61. The van der Waals surface area contributed by atoms with E-state index in [0.717, 1.165) is 28.1 Å². The minimum Gasteiger partial charge on any atom is -0.439 e. The summed E-state index contributed by atoms with van der Waals surface area (Å²) in [5.74, 6) is 0.901. The lowest BCUT2D eigenvalue weighted by molar-refractivity contribution is -0.197. The number of aromatic nitrogens is 2. The Morgan fingerprint density at radius 3 is 2.44 bits per heavy atom. The maximum absolute atomic E-state index is 6.00. The molecule has 7 nitrogen and oxygen atoms in total. The minimum absolute atomic E-state index is 0.215. The standard InChI is InChI=1S/C25H29N3O4/c1-18(2)25(29-14-15-30-25)21-12-10-20(11-13-21)17-31-26-16-23-19(3)27-28(4)24(23)32-22-8-6-5-7-9-22/h5-13,16,18H,14-15,17H2,1-4H3/b26-16+. The summed E-state index contributed by atoms with van der Waals surface area (Å²) in [4.78, 5) is 5.55. The van der Waals surface area contributed by atoms with Crippen molar-refractivity contribution in [3.63, 3.8) is 0 Å². The minimum atomic E-state index is -0.662. The van der Waals surface area contributed by atoms with E-state index in [4.69, 9.17) is 19.0 Å². The lowest BCUT2D eigenvalue weighted by Gasteiger charge is -2.31. The van der Waals surface area contributed by atoms with E-state index in [-0.39, 0.29) is 5.92 Å². The fraction of sp³-hybridized carbons (Fsp3) is 0.360. The molecule has 7 heteroatoms. The van der Waals surface area contributed by atoms with Crippen molar-refractivity contribution in [3.05, 3.63) is 77.0 Å². The van der Waals surface area contributed by atoms with E-state index in [1.807, 2.05) is 68.6 Å². The van der Waals surface area contributed by atoms with Crippen molar-refractivity contribution in [1.29, 1.82) is 0 Å². The Kier molecular flexibility index (Phi) is 6.58. The summed E-state index contributed by atoms with van der Waals surface area (Å²) < 4.78 is 19.6. The molecule has 0 unspecified atom stereocenters. The van der Waals surface area contributed by atoms with Gasteiger partial charge in [-0.3, -0.25) is 0 Å². The molecule has 0 amide bonds. The Hall–Kier alpha value is -3.16. The third-order valence-corrected chi connectivity index (χ3v) is 5.49. The van der Waals surface area contributed by atoms with Crippen molar-refractivity contribution in [2.75, 3.05) is 13.2 Å². The van der Waals surface area contributed by atoms with Crippen molar-refractivity contribution in [2.24, 2.45) is 18.1 Å². The van der Waals surface area contributed by atoms with E-state index in [2.05, 4.69) is 24.1 Å². The fourth-order valence-electron chi connectivity index (χ4n) is 3.82. The van der Waals surface area contributed by atoms with Gasteiger partial charge < -0.3 is 19.0 Å². The maximum Gasteiger partial charge on any atom is 0.226 e. The number of hydrogen-bond acceptors (Lipinski definition) is 6. The van der Waals surface area contributed by atoms with Gasteiger partial charge in [0.25, 0.3) is 0 Å². The first kappa shape index (κ1) is 22.0. The van der Waals surface area contributed by atoms with Gasteiger partial charge in [0.15, 0.2) is 5.79 Å². The quantitative estimate of drug-likeness (QED) is 0.371. The normalized spacial score (nSPS) is 15.5. The Morgan fingerprint density at radius 2 is 1.78 bits per heavy atom. The Labute approximate surface area is 188 Å². The predicted molar refractivity (Wildman–Crippen MR) is 122 cm³/mol. The zero-order chi connectivity index (χ0) is 22.6. The smallest absolute Gasteiger partial charge is 0.226 e. The number of benzene rings is 2. The monoisotopic (exact) mass is 435 g/mol. The van der Waals surface area contributed by atoms with Crippen LogP contribution >= 0.6 is 0 Å². The average molecular weight is 436 g/mol. The van der Waals surface area contributed by atoms with E-state index in [9.17, 15) is 0 Å². The van der Waals surface area contributed by atoms with Gasteiger partial charge in [-0.2, -0.15) is 5.10 Å². The summed E-state index contributed by atoms with van der Waals surface area (Å²) in [5, 5.41) is 8.58. The van der Waals surface area contributed by atoms with Crippen molar-refractivity contribution in [1.82, 2.24) is 9.78 Å². The molecule has 3 aromatic rings. The van der Waals surface area contributed by atoms with Gasteiger partial charge in [0.2, 0.25) is 5.88 Å². The zero-order valence-electron chi connectivity index (χ0n) is 18.9. The van der Waals surface area contributed by atoms with Crippen LogP contribution in [0.5, 0.6) is 11.6 Å². The Balaban J connectivity index is 1.40. The van der Waals surface area contributed by atoms with Crippen LogP contribution in [-0.2, 0) is 33.8 Å².